The Labute approximate surface area is 152 Å². The molecule has 0 heterocycles. The van der Waals surface area contributed by atoms with Crippen LogP contribution in [0.4, 0.5) is 5.69 Å². The van der Waals surface area contributed by atoms with E-state index >= 15 is 0 Å². The molecule has 26 heavy (non-hydrogen) atoms. The van der Waals surface area contributed by atoms with Crippen LogP contribution in [0.3, 0.4) is 0 Å². The first-order chi connectivity index (χ1) is 12.3. The molecular weight excluding hydrogens is 332 g/mol. The largest absolute Gasteiger partial charge is 0.452 e. The SMILES string of the molecule is CC(=O)NCc1ccc(C(=O)OCC(=O)Nc2ccc(C)cc2C)cc1. The minimum atomic E-state index is -0.577. The average molecular weight is 354 g/mol. The summed E-state index contributed by atoms with van der Waals surface area (Å²) in [6.45, 7) is 5.34. The molecule has 0 saturated heterocycles. The van der Waals surface area contributed by atoms with Gasteiger partial charge in [-0.3, -0.25) is 9.59 Å². The first-order valence-electron chi connectivity index (χ1n) is 8.23. The second-order valence-corrected chi connectivity index (χ2v) is 6.05. The number of esters is 1. The second kappa shape index (κ2) is 8.80. The molecule has 0 unspecified atom stereocenters. The van der Waals surface area contributed by atoms with Crippen molar-refractivity contribution in [2.24, 2.45) is 0 Å². The number of benzene rings is 2. The molecule has 0 radical (unpaired) electrons. The van der Waals surface area contributed by atoms with Gasteiger partial charge in [-0.15, -0.1) is 0 Å². The average Bonchev–Trinajstić information content (AvgIpc) is 2.60. The Morgan fingerprint density at radius 1 is 1.00 bits per heavy atom. The van der Waals surface area contributed by atoms with Gasteiger partial charge >= 0.3 is 5.97 Å². The van der Waals surface area contributed by atoms with Crippen LogP contribution in [-0.2, 0) is 20.9 Å². The fourth-order valence-corrected chi connectivity index (χ4v) is 2.34. The Hall–Kier alpha value is -3.15. The molecule has 0 fully saturated rings. The molecule has 2 aromatic rings. The van der Waals surface area contributed by atoms with Crippen LogP contribution in [0.2, 0.25) is 0 Å². The van der Waals surface area contributed by atoms with Gasteiger partial charge in [0.15, 0.2) is 6.61 Å². The number of hydrogen-bond acceptors (Lipinski definition) is 4. The molecule has 0 aromatic heterocycles. The number of amides is 2. The van der Waals surface area contributed by atoms with Crippen LogP contribution < -0.4 is 10.6 Å². The third-order valence-corrected chi connectivity index (χ3v) is 3.72. The summed E-state index contributed by atoms with van der Waals surface area (Å²) in [5.41, 5.74) is 3.95. The number of rotatable bonds is 6. The summed E-state index contributed by atoms with van der Waals surface area (Å²) in [7, 11) is 0. The van der Waals surface area contributed by atoms with Crippen molar-refractivity contribution < 1.29 is 19.1 Å². The van der Waals surface area contributed by atoms with Gasteiger partial charge in [0.25, 0.3) is 5.91 Å². The van der Waals surface area contributed by atoms with E-state index in [9.17, 15) is 14.4 Å². The van der Waals surface area contributed by atoms with E-state index in [0.29, 0.717) is 17.8 Å². The lowest BCUT2D eigenvalue weighted by Crippen LogP contribution is -2.21. The predicted octanol–water partition coefficient (Wildman–Crippen LogP) is 2.74. The van der Waals surface area contributed by atoms with Gasteiger partial charge in [0.2, 0.25) is 5.91 Å². The number of anilines is 1. The summed E-state index contributed by atoms with van der Waals surface area (Å²) in [6, 6.07) is 12.3. The van der Waals surface area contributed by atoms with Crippen LogP contribution in [0.1, 0.15) is 34.0 Å². The number of carbonyl (C=O) groups is 3. The summed E-state index contributed by atoms with van der Waals surface area (Å²) >= 11 is 0. The summed E-state index contributed by atoms with van der Waals surface area (Å²) < 4.78 is 5.04. The predicted molar refractivity (Wildman–Crippen MR) is 98.8 cm³/mol. The highest BCUT2D eigenvalue weighted by Gasteiger charge is 2.11. The molecule has 0 aliphatic carbocycles. The third-order valence-electron chi connectivity index (χ3n) is 3.72. The van der Waals surface area contributed by atoms with Crippen LogP contribution >= 0.6 is 0 Å². The van der Waals surface area contributed by atoms with Crippen LogP contribution in [0.25, 0.3) is 0 Å². The van der Waals surface area contributed by atoms with E-state index in [1.54, 1.807) is 24.3 Å². The van der Waals surface area contributed by atoms with Gasteiger partial charge in [0, 0.05) is 19.2 Å². The molecule has 0 spiro atoms. The zero-order valence-electron chi connectivity index (χ0n) is 15.1. The summed E-state index contributed by atoms with van der Waals surface area (Å²) in [6.07, 6.45) is 0. The van der Waals surface area contributed by atoms with E-state index in [2.05, 4.69) is 10.6 Å². The van der Waals surface area contributed by atoms with Gasteiger partial charge in [-0.2, -0.15) is 0 Å². The molecule has 136 valence electrons. The van der Waals surface area contributed by atoms with Crippen molar-refractivity contribution in [3.8, 4) is 0 Å². The van der Waals surface area contributed by atoms with E-state index in [-0.39, 0.29) is 12.5 Å². The topological polar surface area (TPSA) is 84.5 Å². The number of ether oxygens (including phenoxy) is 1. The molecule has 0 bridgehead atoms. The van der Waals surface area contributed by atoms with Crippen LogP contribution in [-0.4, -0.2) is 24.4 Å². The van der Waals surface area contributed by atoms with Gasteiger partial charge in [0.1, 0.15) is 0 Å². The van der Waals surface area contributed by atoms with Crippen LogP contribution in [0.15, 0.2) is 42.5 Å². The number of aryl methyl sites for hydroxylation is 2. The van der Waals surface area contributed by atoms with Crippen LogP contribution in [0, 0.1) is 13.8 Å². The molecule has 0 atom stereocenters. The van der Waals surface area contributed by atoms with Crippen molar-refractivity contribution in [3.63, 3.8) is 0 Å². The zero-order valence-corrected chi connectivity index (χ0v) is 15.1. The lowest BCUT2D eigenvalue weighted by Gasteiger charge is -2.10. The normalized spacial score (nSPS) is 10.1. The Morgan fingerprint density at radius 3 is 2.31 bits per heavy atom. The number of carbonyl (C=O) groups excluding carboxylic acids is 3. The lowest BCUT2D eigenvalue weighted by atomic mass is 10.1. The Morgan fingerprint density at radius 2 is 1.69 bits per heavy atom. The molecule has 6 heteroatoms. The van der Waals surface area contributed by atoms with Gasteiger partial charge in [-0.05, 0) is 43.2 Å². The van der Waals surface area contributed by atoms with E-state index in [0.717, 1.165) is 16.7 Å². The van der Waals surface area contributed by atoms with Gasteiger partial charge < -0.3 is 15.4 Å². The molecule has 2 rings (SSSR count). The van der Waals surface area contributed by atoms with Crippen molar-refractivity contribution in [1.82, 2.24) is 5.32 Å². The minimum Gasteiger partial charge on any atom is -0.452 e. The van der Waals surface area contributed by atoms with E-state index in [4.69, 9.17) is 4.74 Å². The monoisotopic (exact) mass is 354 g/mol. The first kappa shape index (κ1) is 19.2. The fraction of sp³-hybridized carbons (Fsp3) is 0.250. The Bertz CT molecular complexity index is 813. The summed E-state index contributed by atoms with van der Waals surface area (Å²) in [4.78, 5) is 34.9. The molecule has 0 saturated carbocycles. The molecule has 6 nitrogen and oxygen atoms in total. The maximum absolute atomic E-state index is 12.0. The molecule has 0 aliphatic heterocycles. The van der Waals surface area contributed by atoms with Crippen molar-refractivity contribution >= 4 is 23.5 Å². The molecule has 2 N–H and O–H groups in total. The van der Waals surface area contributed by atoms with E-state index in [1.807, 2.05) is 32.0 Å². The van der Waals surface area contributed by atoms with Gasteiger partial charge in [-0.1, -0.05) is 29.8 Å². The standard InChI is InChI=1S/C20H22N2O4/c1-13-4-9-18(14(2)10-13)22-19(24)12-26-20(25)17-7-5-16(6-8-17)11-21-15(3)23/h4-10H,11-12H2,1-3H3,(H,21,23)(H,22,24). The second-order valence-electron chi connectivity index (χ2n) is 6.05. The maximum atomic E-state index is 12.0. The third kappa shape index (κ3) is 5.73. The summed E-state index contributed by atoms with van der Waals surface area (Å²) in [5, 5.41) is 5.40. The number of hydrogen-bond donors (Lipinski definition) is 2. The number of nitrogens with one attached hydrogen (secondary N) is 2. The Balaban J connectivity index is 1.85. The Kier molecular flexibility index (Phi) is 6.49. The van der Waals surface area contributed by atoms with Gasteiger partial charge in [0.05, 0.1) is 5.56 Å². The molecule has 2 aromatic carbocycles. The van der Waals surface area contributed by atoms with Crippen LogP contribution in [0.5, 0.6) is 0 Å². The highest BCUT2D eigenvalue weighted by atomic mass is 16.5. The first-order valence-corrected chi connectivity index (χ1v) is 8.23. The summed E-state index contributed by atoms with van der Waals surface area (Å²) in [5.74, 6) is -1.09. The van der Waals surface area contributed by atoms with E-state index in [1.165, 1.54) is 6.92 Å². The quantitative estimate of drug-likeness (QED) is 0.781. The van der Waals surface area contributed by atoms with Crippen molar-refractivity contribution in [2.75, 3.05) is 11.9 Å². The maximum Gasteiger partial charge on any atom is 0.338 e. The minimum absolute atomic E-state index is 0.122. The van der Waals surface area contributed by atoms with Crippen molar-refractivity contribution in [3.05, 3.63) is 64.7 Å². The highest BCUT2D eigenvalue weighted by Crippen LogP contribution is 2.16. The van der Waals surface area contributed by atoms with Gasteiger partial charge in [-0.25, -0.2) is 4.79 Å². The van der Waals surface area contributed by atoms with Crippen molar-refractivity contribution in [2.45, 2.75) is 27.3 Å². The lowest BCUT2D eigenvalue weighted by molar-refractivity contribution is -0.119. The van der Waals surface area contributed by atoms with E-state index < -0.39 is 11.9 Å². The fourth-order valence-electron chi connectivity index (χ4n) is 2.34. The zero-order chi connectivity index (χ0) is 19.1. The molecular formula is C20H22N2O4. The highest BCUT2D eigenvalue weighted by molar-refractivity contribution is 5.95. The molecule has 2 amide bonds. The van der Waals surface area contributed by atoms with Crippen molar-refractivity contribution in [1.29, 1.82) is 0 Å². The smallest absolute Gasteiger partial charge is 0.338 e. The molecule has 0 aliphatic rings.